The number of hydrogen-bond donors (Lipinski definition) is 0. The summed E-state index contributed by atoms with van der Waals surface area (Å²) in [6, 6.07) is 7.96. The Hall–Kier alpha value is -1.42. The fraction of sp³-hybridized carbons (Fsp3) is 0.462. The predicted molar refractivity (Wildman–Crippen MR) is 69.9 cm³/mol. The van der Waals surface area contributed by atoms with Gasteiger partial charge in [0.15, 0.2) is 0 Å². The number of hydrogen-bond acceptors (Lipinski definition) is 4. The predicted octanol–water partition coefficient (Wildman–Crippen LogP) is 1.36. The zero-order chi connectivity index (χ0) is 13.9. The number of nitriles is 1. The molecule has 0 aromatic heterocycles. The van der Waals surface area contributed by atoms with Gasteiger partial charge in [-0.1, -0.05) is 6.92 Å². The second-order valence-corrected chi connectivity index (χ2v) is 6.34. The Kier molecular flexibility index (Phi) is 4.20. The van der Waals surface area contributed by atoms with Crippen LogP contribution in [-0.2, 0) is 14.8 Å². The highest BCUT2D eigenvalue weighted by molar-refractivity contribution is 7.89. The number of benzene rings is 1. The van der Waals surface area contributed by atoms with Crippen molar-refractivity contribution in [2.45, 2.75) is 24.3 Å². The van der Waals surface area contributed by atoms with Gasteiger partial charge in [-0.2, -0.15) is 9.57 Å². The van der Waals surface area contributed by atoms with Crippen LogP contribution >= 0.6 is 0 Å². The first kappa shape index (κ1) is 14.0. The van der Waals surface area contributed by atoms with Gasteiger partial charge in [-0.15, -0.1) is 0 Å². The highest BCUT2D eigenvalue weighted by Gasteiger charge is 2.29. The van der Waals surface area contributed by atoms with Gasteiger partial charge in [-0.25, -0.2) is 8.42 Å². The molecule has 1 aromatic carbocycles. The molecule has 1 aliphatic heterocycles. The number of rotatable bonds is 3. The average molecular weight is 280 g/mol. The van der Waals surface area contributed by atoms with Crippen LogP contribution in [0.3, 0.4) is 0 Å². The second kappa shape index (κ2) is 5.70. The van der Waals surface area contributed by atoms with E-state index >= 15 is 0 Å². The summed E-state index contributed by atoms with van der Waals surface area (Å²) >= 11 is 0. The van der Waals surface area contributed by atoms with Crippen molar-refractivity contribution in [3.8, 4) is 6.07 Å². The lowest BCUT2D eigenvalue weighted by atomic mass is 10.2. The van der Waals surface area contributed by atoms with E-state index in [-0.39, 0.29) is 11.0 Å². The SMILES string of the molecule is CC[C@@H]1CN(S(=O)(=O)c2ccc(C#N)cc2)CCO1. The maximum atomic E-state index is 12.4. The van der Waals surface area contributed by atoms with Crippen LogP contribution in [-0.4, -0.2) is 38.5 Å². The van der Waals surface area contributed by atoms with Gasteiger partial charge in [0.25, 0.3) is 0 Å². The summed E-state index contributed by atoms with van der Waals surface area (Å²) in [5.41, 5.74) is 0.451. The van der Waals surface area contributed by atoms with E-state index in [0.29, 0.717) is 25.3 Å². The number of sulfonamides is 1. The van der Waals surface area contributed by atoms with Gasteiger partial charge >= 0.3 is 0 Å². The van der Waals surface area contributed by atoms with Crippen LogP contribution < -0.4 is 0 Å². The van der Waals surface area contributed by atoms with Crippen molar-refractivity contribution in [1.82, 2.24) is 4.31 Å². The first-order valence-corrected chi connectivity index (χ1v) is 7.64. The Balaban J connectivity index is 2.23. The molecule has 0 unspecified atom stereocenters. The molecule has 0 saturated carbocycles. The molecule has 1 aromatic rings. The molecule has 0 radical (unpaired) electrons. The third-order valence-electron chi connectivity index (χ3n) is 3.18. The van der Waals surface area contributed by atoms with E-state index in [1.54, 1.807) is 0 Å². The highest BCUT2D eigenvalue weighted by Crippen LogP contribution is 2.20. The summed E-state index contributed by atoms with van der Waals surface area (Å²) in [5.74, 6) is 0. The Morgan fingerprint density at radius 3 is 2.68 bits per heavy atom. The van der Waals surface area contributed by atoms with Crippen molar-refractivity contribution < 1.29 is 13.2 Å². The summed E-state index contributed by atoms with van der Waals surface area (Å²) in [5, 5.41) is 8.72. The minimum atomic E-state index is -3.49. The molecule has 0 bridgehead atoms. The van der Waals surface area contributed by atoms with Crippen LogP contribution in [0.5, 0.6) is 0 Å². The molecule has 102 valence electrons. The van der Waals surface area contributed by atoms with Crippen LogP contribution in [0, 0.1) is 11.3 Å². The average Bonchev–Trinajstić information content (AvgIpc) is 2.47. The maximum Gasteiger partial charge on any atom is 0.243 e. The summed E-state index contributed by atoms with van der Waals surface area (Å²) in [6.45, 7) is 3.16. The van der Waals surface area contributed by atoms with Crippen LogP contribution in [0.4, 0.5) is 0 Å². The summed E-state index contributed by atoms with van der Waals surface area (Å²) in [7, 11) is -3.49. The Labute approximate surface area is 113 Å². The number of nitrogens with zero attached hydrogens (tertiary/aromatic N) is 2. The fourth-order valence-electron chi connectivity index (χ4n) is 2.01. The minimum Gasteiger partial charge on any atom is -0.375 e. The van der Waals surface area contributed by atoms with Gasteiger partial charge in [0.1, 0.15) is 0 Å². The molecule has 1 aliphatic rings. The number of ether oxygens (including phenoxy) is 1. The second-order valence-electron chi connectivity index (χ2n) is 4.40. The molecule has 1 heterocycles. The summed E-state index contributed by atoms with van der Waals surface area (Å²) < 4.78 is 31.8. The zero-order valence-corrected chi connectivity index (χ0v) is 11.6. The van der Waals surface area contributed by atoms with Gasteiger partial charge in [0.2, 0.25) is 10.0 Å². The third-order valence-corrected chi connectivity index (χ3v) is 5.06. The highest BCUT2D eigenvalue weighted by atomic mass is 32.2. The molecular formula is C13H16N2O3S. The van der Waals surface area contributed by atoms with Crippen LogP contribution in [0.2, 0.25) is 0 Å². The van der Waals surface area contributed by atoms with Crippen molar-refractivity contribution >= 4 is 10.0 Å². The van der Waals surface area contributed by atoms with Crippen molar-refractivity contribution in [1.29, 1.82) is 5.26 Å². The van der Waals surface area contributed by atoms with Crippen molar-refractivity contribution in [2.75, 3.05) is 19.7 Å². The molecule has 5 nitrogen and oxygen atoms in total. The molecule has 1 fully saturated rings. The first-order valence-electron chi connectivity index (χ1n) is 6.20. The van der Waals surface area contributed by atoms with E-state index in [1.807, 2.05) is 13.0 Å². The normalized spacial score (nSPS) is 20.9. The van der Waals surface area contributed by atoms with E-state index in [0.717, 1.165) is 6.42 Å². The van der Waals surface area contributed by atoms with E-state index in [2.05, 4.69) is 0 Å². The van der Waals surface area contributed by atoms with Gasteiger partial charge in [0.05, 0.1) is 29.2 Å². The van der Waals surface area contributed by atoms with E-state index in [1.165, 1.54) is 28.6 Å². The molecular weight excluding hydrogens is 264 g/mol. The molecule has 19 heavy (non-hydrogen) atoms. The van der Waals surface area contributed by atoms with E-state index < -0.39 is 10.0 Å². The molecule has 0 aliphatic carbocycles. The Bertz CT molecular complexity index is 575. The largest absolute Gasteiger partial charge is 0.375 e. The van der Waals surface area contributed by atoms with Gasteiger partial charge in [-0.3, -0.25) is 0 Å². The summed E-state index contributed by atoms with van der Waals surface area (Å²) in [4.78, 5) is 0.225. The maximum absolute atomic E-state index is 12.4. The van der Waals surface area contributed by atoms with Crippen molar-refractivity contribution in [3.05, 3.63) is 29.8 Å². The first-order chi connectivity index (χ1) is 9.07. The van der Waals surface area contributed by atoms with Crippen LogP contribution in [0.15, 0.2) is 29.2 Å². The molecule has 0 spiro atoms. The molecule has 6 heteroatoms. The number of morpholine rings is 1. The lowest BCUT2D eigenvalue weighted by molar-refractivity contribution is -0.00277. The Morgan fingerprint density at radius 1 is 1.42 bits per heavy atom. The minimum absolute atomic E-state index is 0.0399. The molecule has 2 rings (SSSR count). The van der Waals surface area contributed by atoms with Crippen molar-refractivity contribution in [3.63, 3.8) is 0 Å². The van der Waals surface area contributed by atoms with Crippen molar-refractivity contribution in [2.24, 2.45) is 0 Å². The topological polar surface area (TPSA) is 70.4 Å². The van der Waals surface area contributed by atoms with Crippen LogP contribution in [0.1, 0.15) is 18.9 Å². The van der Waals surface area contributed by atoms with Gasteiger partial charge in [-0.05, 0) is 30.7 Å². The lowest BCUT2D eigenvalue weighted by Crippen LogP contribution is -2.45. The van der Waals surface area contributed by atoms with Gasteiger partial charge < -0.3 is 4.74 Å². The van der Waals surface area contributed by atoms with E-state index in [9.17, 15) is 8.42 Å². The Morgan fingerprint density at radius 2 is 2.11 bits per heavy atom. The third kappa shape index (κ3) is 2.95. The fourth-order valence-corrected chi connectivity index (χ4v) is 3.46. The quantitative estimate of drug-likeness (QED) is 0.838. The van der Waals surface area contributed by atoms with E-state index in [4.69, 9.17) is 10.00 Å². The molecule has 0 N–H and O–H groups in total. The molecule has 1 atom stereocenters. The standard InChI is InChI=1S/C13H16N2O3S/c1-2-12-10-15(7-8-18-12)19(16,17)13-5-3-11(9-14)4-6-13/h3-6,12H,2,7-8,10H2,1H3/t12-/m1/s1. The lowest BCUT2D eigenvalue weighted by Gasteiger charge is -2.31. The summed E-state index contributed by atoms with van der Waals surface area (Å²) in [6.07, 6.45) is 0.751. The smallest absolute Gasteiger partial charge is 0.243 e. The van der Waals surface area contributed by atoms with Gasteiger partial charge in [0, 0.05) is 13.1 Å². The van der Waals surface area contributed by atoms with Crippen LogP contribution in [0.25, 0.3) is 0 Å². The molecule has 0 amide bonds. The molecule has 1 saturated heterocycles. The zero-order valence-electron chi connectivity index (χ0n) is 10.7. The monoisotopic (exact) mass is 280 g/mol.